The van der Waals surface area contributed by atoms with Gasteiger partial charge in [-0.25, -0.2) is 14.2 Å². The molecule has 0 aliphatic heterocycles. The third kappa shape index (κ3) is 5.10. The maximum Gasteiger partial charge on any atom is 0.271 e. The molecule has 0 spiro atoms. The van der Waals surface area contributed by atoms with Crippen LogP contribution in [0.2, 0.25) is 5.02 Å². The zero-order valence-electron chi connectivity index (χ0n) is 17.1. The molecule has 4 aromatic rings. The molecular weight excluding hydrogens is 450 g/mol. The van der Waals surface area contributed by atoms with Gasteiger partial charge < -0.3 is 9.84 Å². The van der Waals surface area contributed by atoms with Gasteiger partial charge in [-0.3, -0.25) is 4.79 Å². The number of benzene rings is 4. The predicted octanol–water partition coefficient (Wildman–Crippen LogP) is 5.82. The van der Waals surface area contributed by atoms with Crippen molar-refractivity contribution in [3.63, 3.8) is 0 Å². The van der Waals surface area contributed by atoms with E-state index >= 15 is 0 Å². The summed E-state index contributed by atoms with van der Waals surface area (Å²) in [6.07, 6.45) is 1.49. The quantitative estimate of drug-likeness (QED) is 0.278. The van der Waals surface area contributed by atoms with E-state index in [0.717, 1.165) is 22.4 Å². The molecular formula is C25H17ClF2N2O3. The fourth-order valence-corrected chi connectivity index (χ4v) is 3.38. The molecule has 0 heterocycles. The SMILES string of the molecule is O=C(N/N=C/c1ccc(OCc2ccc(F)cc2F)c2ccccc12)c1ccc(O)c(Cl)c1. The zero-order valence-corrected chi connectivity index (χ0v) is 17.8. The minimum atomic E-state index is -0.672. The van der Waals surface area contributed by atoms with E-state index in [1.165, 1.54) is 36.5 Å². The maximum absolute atomic E-state index is 13.9. The van der Waals surface area contributed by atoms with Gasteiger partial charge in [-0.1, -0.05) is 35.9 Å². The first-order chi connectivity index (χ1) is 15.9. The summed E-state index contributed by atoms with van der Waals surface area (Å²) in [5, 5.41) is 15.1. The third-order valence-corrected chi connectivity index (χ3v) is 5.20. The third-order valence-electron chi connectivity index (χ3n) is 4.90. The van der Waals surface area contributed by atoms with E-state index in [1.54, 1.807) is 12.1 Å². The molecule has 166 valence electrons. The average Bonchev–Trinajstić information content (AvgIpc) is 2.81. The first kappa shape index (κ1) is 22.2. The highest BCUT2D eigenvalue weighted by Gasteiger charge is 2.10. The Morgan fingerprint density at radius 3 is 2.58 bits per heavy atom. The Morgan fingerprint density at radius 2 is 1.82 bits per heavy atom. The molecule has 0 saturated carbocycles. The van der Waals surface area contributed by atoms with Crippen molar-refractivity contribution >= 4 is 34.5 Å². The van der Waals surface area contributed by atoms with Gasteiger partial charge in [0.25, 0.3) is 5.91 Å². The Morgan fingerprint density at radius 1 is 1.03 bits per heavy atom. The molecule has 4 aromatic carbocycles. The molecule has 0 saturated heterocycles. The number of amides is 1. The Kier molecular flexibility index (Phi) is 6.51. The fourth-order valence-electron chi connectivity index (χ4n) is 3.20. The first-order valence-corrected chi connectivity index (χ1v) is 10.2. The molecule has 0 fully saturated rings. The van der Waals surface area contributed by atoms with Crippen LogP contribution < -0.4 is 10.2 Å². The number of nitrogens with zero attached hydrogens (tertiary/aromatic N) is 1. The number of hydrogen-bond acceptors (Lipinski definition) is 4. The molecule has 0 atom stereocenters. The standard InChI is InChI=1S/C25H17ClF2N2O3/c26-21-11-15(6-9-23(21)31)25(32)30-29-13-16-7-10-24(20-4-2-1-3-19(16)20)33-14-17-5-8-18(27)12-22(17)28/h1-13,31H,14H2,(H,30,32)/b29-13+. The average molecular weight is 467 g/mol. The molecule has 1 amide bonds. The molecule has 4 rings (SSSR count). The van der Waals surface area contributed by atoms with E-state index < -0.39 is 17.5 Å². The summed E-state index contributed by atoms with van der Waals surface area (Å²) in [5.74, 6) is -1.40. The van der Waals surface area contributed by atoms with E-state index in [-0.39, 0.29) is 28.5 Å². The van der Waals surface area contributed by atoms with Gasteiger partial charge in [-0.2, -0.15) is 5.10 Å². The summed E-state index contributed by atoms with van der Waals surface area (Å²) >= 11 is 5.83. The molecule has 0 aliphatic rings. The first-order valence-electron chi connectivity index (χ1n) is 9.83. The number of phenolic OH excluding ortho intramolecular Hbond substituents is 1. The van der Waals surface area contributed by atoms with Gasteiger partial charge in [0.05, 0.1) is 11.2 Å². The van der Waals surface area contributed by atoms with Crippen molar-refractivity contribution in [2.45, 2.75) is 6.61 Å². The lowest BCUT2D eigenvalue weighted by Crippen LogP contribution is -2.17. The molecule has 0 aromatic heterocycles. The molecule has 33 heavy (non-hydrogen) atoms. The van der Waals surface area contributed by atoms with E-state index in [1.807, 2.05) is 24.3 Å². The molecule has 0 bridgehead atoms. The van der Waals surface area contributed by atoms with Gasteiger partial charge in [-0.15, -0.1) is 0 Å². The number of hydrazone groups is 1. The Bertz CT molecular complexity index is 1380. The van der Waals surface area contributed by atoms with Crippen molar-refractivity contribution < 1.29 is 23.4 Å². The number of carbonyl (C=O) groups is 1. The van der Waals surface area contributed by atoms with E-state index in [9.17, 15) is 18.7 Å². The maximum atomic E-state index is 13.9. The van der Waals surface area contributed by atoms with E-state index in [2.05, 4.69) is 10.5 Å². The van der Waals surface area contributed by atoms with Gasteiger partial charge in [0, 0.05) is 28.1 Å². The number of rotatable bonds is 6. The van der Waals surface area contributed by atoms with Crippen molar-refractivity contribution in [2.24, 2.45) is 5.10 Å². The lowest BCUT2D eigenvalue weighted by atomic mass is 10.0. The van der Waals surface area contributed by atoms with Crippen LogP contribution in [0.1, 0.15) is 21.5 Å². The van der Waals surface area contributed by atoms with Crippen molar-refractivity contribution in [3.8, 4) is 11.5 Å². The summed E-state index contributed by atoms with van der Waals surface area (Å²) in [5.41, 5.74) is 3.62. The van der Waals surface area contributed by atoms with E-state index in [4.69, 9.17) is 16.3 Å². The normalized spacial score (nSPS) is 11.1. The highest BCUT2D eigenvalue weighted by Crippen LogP contribution is 2.29. The minimum absolute atomic E-state index is 0.0607. The number of halogens is 3. The number of ether oxygens (including phenoxy) is 1. The van der Waals surface area contributed by atoms with Crippen molar-refractivity contribution in [3.05, 3.63) is 106 Å². The van der Waals surface area contributed by atoms with Crippen LogP contribution in [0.25, 0.3) is 10.8 Å². The van der Waals surface area contributed by atoms with Gasteiger partial charge in [0.1, 0.15) is 29.7 Å². The second-order valence-corrected chi connectivity index (χ2v) is 7.50. The number of phenols is 1. The smallest absolute Gasteiger partial charge is 0.271 e. The van der Waals surface area contributed by atoms with Crippen LogP contribution in [0.4, 0.5) is 8.78 Å². The number of carbonyl (C=O) groups excluding carboxylic acids is 1. The summed E-state index contributed by atoms with van der Waals surface area (Å²) < 4.78 is 32.8. The van der Waals surface area contributed by atoms with Gasteiger partial charge in [-0.05, 0) is 47.9 Å². The second kappa shape index (κ2) is 9.67. The number of fused-ring (bicyclic) bond motifs is 1. The molecule has 2 N–H and O–H groups in total. The zero-order chi connectivity index (χ0) is 23.4. The van der Waals surface area contributed by atoms with Gasteiger partial charge in [0.2, 0.25) is 0 Å². The summed E-state index contributed by atoms with van der Waals surface area (Å²) in [6, 6.07) is 18.3. The van der Waals surface area contributed by atoms with E-state index in [0.29, 0.717) is 5.75 Å². The fraction of sp³-hybridized carbons (Fsp3) is 0.0400. The minimum Gasteiger partial charge on any atom is -0.506 e. The van der Waals surface area contributed by atoms with Gasteiger partial charge >= 0.3 is 0 Å². The summed E-state index contributed by atoms with van der Waals surface area (Å²) in [6.45, 7) is -0.0607. The Hall–Kier alpha value is -3.97. The van der Waals surface area contributed by atoms with Crippen LogP contribution >= 0.6 is 11.6 Å². The number of nitrogens with one attached hydrogen (secondary N) is 1. The molecule has 0 aliphatic carbocycles. The van der Waals surface area contributed by atoms with Crippen molar-refractivity contribution in [2.75, 3.05) is 0 Å². The van der Waals surface area contributed by atoms with Crippen LogP contribution in [0.5, 0.6) is 11.5 Å². The highest BCUT2D eigenvalue weighted by atomic mass is 35.5. The monoisotopic (exact) mass is 466 g/mol. The number of hydrogen-bond donors (Lipinski definition) is 2. The molecule has 8 heteroatoms. The lowest BCUT2D eigenvalue weighted by Gasteiger charge is -2.12. The van der Waals surface area contributed by atoms with Crippen molar-refractivity contribution in [1.29, 1.82) is 0 Å². The highest BCUT2D eigenvalue weighted by molar-refractivity contribution is 6.32. The predicted molar refractivity (Wildman–Crippen MR) is 123 cm³/mol. The Labute approximate surface area is 192 Å². The molecule has 5 nitrogen and oxygen atoms in total. The van der Waals surface area contributed by atoms with Crippen LogP contribution in [0.15, 0.2) is 77.9 Å². The number of aromatic hydroxyl groups is 1. The van der Waals surface area contributed by atoms with Crippen LogP contribution in [-0.2, 0) is 6.61 Å². The molecule has 0 unspecified atom stereocenters. The summed E-state index contributed by atoms with van der Waals surface area (Å²) in [7, 11) is 0. The van der Waals surface area contributed by atoms with Crippen molar-refractivity contribution in [1.82, 2.24) is 5.43 Å². The second-order valence-electron chi connectivity index (χ2n) is 7.09. The van der Waals surface area contributed by atoms with Crippen LogP contribution in [0, 0.1) is 11.6 Å². The van der Waals surface area contributed by atoms with Crippen LogP contribution in [-0.4, -0.2) is 17.2 Å². The lowest BCUT2D eigenvalue weighted by molar-refractivity contribution is 0.0955. The Balaban J connectivity index is 1.52. The summed E-state index contributed by atoms with van der Waals surface area (Å²) in [4.78, 5) is 12.2. The van der Waals surface area contributed by atoms with Crippen LogP contribution in [0.3, 0.4) is 0 Å². The molecule has 0 radical (unpaired) electrons. The topological polar surface area (TPSA) is 70.9 Å². The van der Waals surface area contributed by atoms with Gasteiger partial charge in [0.15, 0.2) is 0 Å². The largest absolute Gasteiger partial charge is 0.506 e.